The van der Waals surface area contributed by atoms with E-state index in [1.807, 2.05) is 12.1 Å². The number of carbonyl (C=O) groups excluding carboxylic acids is 1. The van der Waals surface area contributed by atoms with Gasteiger partial charge in [-0.2, -0.15) is 4.99 Å². The average Bonchev–Trinajstić information content (AvgIpc) is 2.61. The Morgan fingerprint density at radius 3 is 2.78 bits per heavy atom. The van der Waals surface area contributed by atoms with E-state index in [1.165, 1.54) is 0 Å². The molecule has 0 unspecified atom stereocenters. The highest BCUT2D eigenvalue weighted by Gasteiger charge is 2.11. The zero-order valence-electron chi connectivity index (χ0n) is 15.5. The summed E-state index contributed by atoms with van der Waals surface area (Å²) < 4.78 is 10.1. The van der Waals surface area contributed by atoms with Crippen LogP contribution in [0.15, 0.2) is 34.1 Å². The Labute approximate surface area is 156 Å². The van der Waals surface area contributed by atoms with Gasteiger partial charge < -0.3 is 20.5 Å². The minimum absolute atomic E-state index is 0.0429. The SMILES string of the molecule is CCOC(=O)CCc1c(C)nc(N=C(N)Nc2ccccc2OC)[nH]c1=O. The number of H-pyrrole nitrogens is 1. The number of methoxy groups -OCH3 is 1. The lowest BCUT2D eigenvalue weighted by Gasteiger charge is -2.10. The largest absolute Gasteiger partial charge is 0.495 e. The Morgan fingerprint density at radius 2 is 2.11 bits per heavy atom. The van der Waals surface area contributed by atoms with Gasteiger partial charge in [0.2, 0.25) is 11.9 Å². The second-order valence-electron chi connectivity index (χ2n) is 5.58. The van der Waals surface area contributed by atoms with Gasteiger partial charge in [0, 0.05) is 12.0 Å². The highest BCUT2D eigenvalue weighted by molar-refractivity contribution is 5.94. The van der Waals surface area contributed by atoms with Gasteiger partial charge in [-0.25, -0.2) is 4.98 Å². The molecule has 2 aromatic rings. The van der Waals surface area contributed by atoms with Crippen LogP contribution in [0.4, 0.5) is 11.6 Å². The summed E-state index contributed by atoms with van der Waals surface area (Å²) >= 11 is 0. The van der Waals surface area contributed by atoms with Gasteiger partial charge in [-0.15, -0.1) is 0 Å². The molecule has 0 atom stereocenters. The van der Waals surface area contributed by atoms with Crippen LogP contribution in [0.2, 0.25) is 0 Å². The number of ether oxygens (including phenoxy) is 2. The fourth-order valence-corrected chi connectivity index (χ4v) is 2.43. The van der Waals surface area contributed by atoms with Crippen molar-refractivity contribution in [1.82, 2.24) is 9.97 Å². The van der Waals surface area contributed by atoms with Crippen LogP contribution >= 0.6 is 0 Å². The molecule has 1 aromatic carbocycles. The van der Waals surface area contributed by atoms with Crippen LogP contribution in [0.1, 0.15) is 24.6 Å². The molecule has 0 amide bonds. The summed E-state index contributed by atoms with van der Waals surface area (Å²) in [5, 5.41) is 2.90. The monoisotopic (exact) mass is 373 g/mol. The predicted molar refractivity (Wildman–Crippen MR) is 102 cm³/mol. The average molecular weight is 373 g/mol. The third kappa shape index (κ3) is 5.56. The van der Waals surface area contributed by atoms with E-state index in [0.29, 0.717) is 29.3 Å². The third-order valence-electron chi connectivity index (χ3n) is 3.69. The van der Waals surface area contributed by atoms with Crippen LogP contribution in [0, 0.1) is 6.92 Å². The quantitative estimate of drug-likeness (QED) is 0.382. The summed E-state index contributed by atoms with van der Waals surface area (Å²) in [7, 11) is 1.55. The second-order valence-corrected chi connectivity index (χ2v) is 5.58. The smallest absolute Gasteiger partial charge is 0.306 e. The van der Waals surface area contributed by atoms with Gasteiger partial charge >= 0.3 is 5.97 Å². The fraction of sp³-hybridized carbons (Fsp3) is 0.333. The molecule has 0 aliphatic heterocycles. The molecule has 2 rings (SSSR count). The van der Waals surface area contributed by atoms with Crippen LogP contribution in [-0.2, 0) is 16.0 Å². The van der Waals surface area contributed by atoms with E-state index in [9.17, 15) is 9.59 Å². The summed E-state index contributed by atoms with van der Waals surface area (Å²) in [5.41, 5.74) is 7.05. The van der Waals surface area contributed by atoms with Crippen LogP contribution in [-0.4, -0.2) is 35.6 Å². The number of guanidine groups is 1. The van der Waals surface area contributed by atoms with E-state index < -0.39 is 0 Å². The Kier molecular flexibility index (Phi) is 6.93. The lowest BCUT2D eigenvalue weighted by Crippen LogP contribution is -2.23. The number of nitrogens with one attached hydrogen (secondary N) is 2. The van der Waals surface area contributed by atoms with Crippen molar-refractivity contribution in [2.45, 2.75) is 26.7 Å². The minimum Gasteiger partial charge on any atom is -0.495 e. The van der Waals surface area contributed by atoms with Crippen molar-refractivity contribution >= 4 is 23.6 Å². The molecule has 9 heteroatoms. The highest BCUT2D eigenvalue weighted by Crippen LogP contribution is 2.22. The Morgan fingerprint density at radius 1 is 1.37 bits per heavy atom. The van der Waals surface area contributed by atoms with Gasteiger partial charge in [0.05, 0.1) is 25.1 Å². The van der Waals surface area contributed by atoms with Crippen LogP contribution in [0.25, 0.3) is 0 Å². The molecule has 0 saturated carbocycles. The number of aromatic nitrogens is 2. The number of rotatable bonds is 7. The fourth-order valence-electron chi connectivity index (χ4n) is 2.43. The van der Waals surface area contributed by atoms with E-state index >= 15 is 0 Å². The van der Waals surface area contributed by atoms with Crippen molar-refractivity contribution in [3.05, 3.63) is 45.9 Å². The Hall–Kier alpha value is -3.36. The number of para-hydroxylation sites is 2. The molecule has 0 aliphatic rings. The van der Waals surface area contributed by atoms with Gasteiger partial charge in [-0.1, -0.05) is 12.1 Å². The summed E-state index contributed by atoms with van der Waals surface area (Å²) in [5.74, 6) is 0.352. The molecule has 27 heavy (non-hydrogen) atoms. The van der Waals surface area contributed by atoms with Crippen molar-refractivity contribution in [1.29, 1.82) is 0 Å². The van der Waals surface area contributed by atoms with Crippen molar-refractivity contribution in [3.63, 3.8) is 0 Å². The molecule has 0 bridgehead atoms. The van der Waals surface area contributed by atoms with Crippen LogP contribution in [0.3, 0.4) is 0 Å². The molecule has 1 aromatic heterocycles. The normalized spacial score (nSPS) is 11.1. The van der Waals surface area contributed by atoms with Gasteiger partial charge in [0.15, 0.2) is 0 Å². The van der Waals surface area contributed by atoms with Gasteiger partial charge in [-0.3, -0.25) is 14.6 Å². The maximum Gasteiger partial charge on any atom is 0.306 e. The first-order chi connectivity index (χ1) is 12.9. The van der Waals surface area contributed by atoms with E-state index in [-0.39, 0.29) is 36.3 Å². The van der Waals surface area contributed by atoms with E-state index in [0.717, 1.165) is 0 Å². The third-order valence-corrected chi connectivity index (χ3v) is 3.69. The maximum absolute atomic E-state index is 12.3. The highest BCUT2D eigenvalue weighted by atomic mass is 16.5. The van der Waals surface area contributed by atoms with Crippen molar-refractivity contribution in [2.75, 3.05) is 19.0 Å². The first kappa shape index (κ1) is 20.0. The summed E-state index contributed by atoms with van der Waals surface area (Å²) in [6.07, 6.45) is 0.353. The molecular weight excluding hydrogens is 350 g/mol. The predicted octanol–water partition coefficient (Wildman–Crippen LogP) is 1.64. The number of nitrogens with two attached hydrogens (primary N) is 1. The summed E-state index contributed by atoms with van der Waals surface area (Å²) in [6, 6.07) is 7.20. The zero-order chi connectivity index (χ0) is 19.8. The van der Waals surface area contributed by atoms with Gasteiger partial charge in [0.25, 0.3) is 5.56 Å². The van der Waals surface area contributed by atoms with Crippen molar-refractivity contribution < 1.29 is 14.3 Å². The molecule has 9 nitrogen and oxygen atoms in total. The zero-order valence-corrected chi connectivity index (χ0v) is 15.5. The number of benzene rings is 1. The molecule has 0 radical (unpaired) electrons. The first-order valence-electron chi connectivity index (χ1n) is 8.44. The maximum atomic E-state index is 12.3. The molecule has 0 fully saturated rings. The molecular formula is C18H23N5O4. The van der Waals surface area contributed by atoms with Crippen LogP contribution in [0.5, 0.6) is 5.75 Å². The number of hydrogen-bond donors (Lipinski definition) is 3. The standard InChI is InChI=1S/C18H23N5O4/c1-4-27-15(24)10-9-12-11(2)20-18(22-16(12)25)23-17(19)21-13-7-5-6-8-14(13)26-3/h5-8H,4,9-10H2,1-3H3,(H4,19,20,21,22,23,25). The van der Waals surface area contributed by atoms with Gasteiger partial charge in [-0.05, 0) is 32.4 Å². The number of esters is 1. The van der Waals surface area contributed by atoms with Crippen molar-refractivity contribution in [3.8, 4) is 5.75 Å². The minimum atomic E-state index is -0.365. The molecule has 1 heterocycles. The van der Waals surface area contributed by atoms with Crippen LogP contribution < -0.4 is 21.3 Å². The Bertz CT molecular complexity index is 892. The number of aryl methyl sites for hydroxylation is 1. The number of anilines is 1. The number of aromatic amines is 1. The number of nitrogens with zero attached hydrogens (tertiary/aromatic N) is 2. The Balaban J connectivity index is 2.16. The first-order valence-corrected chi connectivity index (χ1v) is 8.44. The molecule has 0 spiro atoms. The summed E-state index contributed by atoms with van der Waals surface area (Å²) in [6.45, 7) is 3.71. The number of aliphatic imine (C=N–C) groups is 1. The topological polar surface area (TPSA) is 132 Å². The van der Waals surface area contributed by atoms with E-state index in [2.05, 4.69) is 20.3 Å². The van der Waals surface area contributed by atoms with Crippen molar-refractivity contribution in [2.24, 2.45) is 10.7 Å². The molecule has 0 aliphatic carbocycles. The van der Waals surface area contributed by atoms with Gasteiger partial charge in [0.1, 0.15) is 5.75 Å². The molecule has 0 saturated heterocycles. The van der Waals surface area contributed by atoms with E-state index in [1.54, 1.807) is 33.1 Å². The second kappa shape index (κ2) is 9.37. The molecule has 4 N–H and O–H groups in total. The number of carbonyl (C=O) groups is 1. The lowest BCUT2D eigenvalue weighted by atomic mass is 10.1. The lowest BCUT2D eigenvalue weighted by molar-refractivity contribution is -0.143. The van der Waals surface area contributed by atoms with E-state index in [4.69, 9.17) is 15.2 Å². The summed E-state index contributed by atoms with van der Waals surface area (Å²) in [4.78, 5) is 34.6. The number of hydrogen-bond acceptors (Lipinski definition) is 6. The molecule has 144 valence electrons.